The van der Waals surface area contributed by atoms with Gasteiger partial charge < -0.3 is 16.2 Å². The fraction of sp³-hybridized carbons (Fsp3) is 0.130. The molecule has 156 valence electrons. The molecule has 0 bridgehead atoms. The molecular weight excluding hydrogens is 410 g/mol. The molecule has 0 saturated carbocycles. The summed E-state index contributed by atoms with van der Waals surface area (Å²) in [7, 11) is 0. The number of carbonyl (C=O) groups excluding carboxylic acids is 1. The van der Waals surface area contributed by atoms with Crippen LogP contribution in [0.2, 0.25) is 0 Å². The molecule has 2 aromatic carbocycles. The van der Waals surface area contributed by atoms with Gasteiger partial charge >= 0.3 is 0 Å². The standard InChI is InChI=1S/C23H21N5O2S/c1-14-20(31-15(2)26-14)19-11-12-25-22(28-19)27-18-10-6-9-17(13-18)23(30,21(24)29)16-7-4-3-5-8-16/h3-13,30H,1-2H3,(H2,24,29)(H,25,27,28). The molecule has 0 aliphatic carbocycles. The maximum Gasteiger partial charge on any atom is 0.258 e. The number of nitrogens with one attached hydrogen (secondary N) is 1. The van der Waals surface area contributed by atoms with Crippen molar-refractivity contribution in [3.05, 3.63) is 88.7 Å². The summed E-state index contributed by atoms with van der Waals surface area (Å²) in [5.74, 6) is -0.465. The Bertz CT molecular complexity index is 1240. The number of nitrogens with two attached hydrogens (primary N) is 1. The van der Waals surface area contributed by atoms with Gasteiger partial charge in [-0.25, -0.2) is 15.0 Å². The van der Waals surface area contributed by atoms with Gasteiger partial charge in [0.25, 0.3) is 5.91 Å². The van der Waals surface area contributed by atoms with Crippen LogP contribution in [0.15, 0.2) is 66.9 Å². The van der Waals surface area contributed by atoms with Crippen molar-refractivity contribution < 1.29 is 9.90 Å². The van der Waals surface area contributed by atoms with Gasteiger partial charge in [0.05, 0.1) is 21.3 Å². The van der Waals surface area contributed by atoms with Gasteiger partial charge in [0, 0.05) is 11.9 Å². The minimum Gasteiger partial charge on any atom is -0.372 e. The molecule has 0 saturated heterocycles. The summed E-state index contributed by atoms with van der Waals surface area (Å²) in [6.45, 7) is 3.91. The van der Waals surface area contributed by atoms with E-state index in [1.165, 1.54) is 0 Å². The second-order valence-electron chi connectivity index (χ2n) is 7.06. The zero-order valence-corrected chi connectivity index (χ0v) is 17.9. The molecule has 0 aliphatic rings. The highest BCUT2D eigenvalue weighted by Crippen LogP contribution is 2.32. The predicted molar refractivity (Wildman–Crippen MR) is 121 cm³/mol. The molecular formula is C23H21N5O2S. The van der Waals surface area contributed by atoms with Crippen LogP contribution >= 0.6 is 11.3 Å². The van der Waals surface area contributed by atoms with Crippen LogP contribution in [0.5, 0.6) is 0 Å². The van der Waals surface area contributed by atoms with E-state index in [1.54, 1.807) is 72.1 Å². The van der Waals surface area contributed by atoms with Gasteiger partial charge in [-0.3, -0.25) is 4.79 Å². The van der Waals surface area contributed by atoms with Crippen LogP contribution in [0.4, 0.5) is 11.6 Å². The Balaban J connectivity index is 1.67. The van der Waals surface area contributed by atoms with Crippen LogP contribution in [0.1, 0.15) is 21.8 Å². The molecule has 4 rings (SSSR count). The van der Waals surface area contributed by atoms with Crippen LogP contribution in [0.3, 0.4) is 0 Å². The summed E-state index contributed by atoms with van der Waals surface area (Å²) >= 11 is 1.58. The second kappa shape index (κ2) is 8.25. The van der Waals surface area contributed by atoms with E-state index in [-0.39, 0.29) is 0 Å². The number of thiazole rings is 1. The molecule has 8 heteroatoms. The topological polar surface area (TPSA) is 114 Å². The van der Waals surface area contributed by atoms with Gasteiger partial charge in [0.2, 0.25) is 5.95 Å². The third-order valence-corrected chi connectivity index (χ3v) is 5.97. The Hall–Kier alpha value is -3.62. The minimum absolute atomic E-state index is 0.348. The van der Waals surface area contributed by atoms with Crippen molar-refractivity contribution >= 4 is 28.9 Å². The van der Waals surface area contributed by atoms with E-state index in [2.05, 4.69) is 20.3 Å². The van der Waals surface area contributed by atoms with Crippen molar-refractivity contribution in [3.63, 3.8) is 0 Å². The van der Waals surface area contributed by atoms with E-state index >= 15 is 0 Å². The first-order valence-corrected chi connectivity index (χ1v) is 10.4. The Kier molecular flexibility index (Phi) is 5.50. The van der Waals surface area contributed by atoms with Gasteiger partial charge in [-0.15, -0.1) is 11.3 Å². The zero-order chi connectivity index (χ0) is 22.0. The first kappa shape index (κ1) is 20.6. The summed E-state index contributed by atoms with van der Waals surface area (Å²) < 4.78 is 0. The summed E-state index contributed by atoms with van der Waals surface area (Å²) in [6, 6.07) is 17.3. The SMILES string of the molecule is Cc1nc(C)c(-c2ccnc(Nc3cccc(C(O)(C(N)=O)c4ccccc4)c3)n2)s1. The van der Waals surface area contributed by atoms with E-state index in [0.717, 1.165) is 21.3 Å². The summed E-state index contributed by atoms with van der Waals surface area (Å²) in [4.78, 5) is 26.6. The average Bonchev–Trinajstić information content (AvgIpc) is 3.12. The van der Waals surface area contributed by atoms with Crippen molar-refractivity contribution in [3.8, 4) is 10.6 Å². The normalized spacial score (nSPS) is 12.9. The molecule has 7 nitrogen and oxygen atoms in total. The lowest BCUT2D eigenvalue weighted by atomic mass is 9.85. The molecule has 1 unspecified atom stereocenters. The largest absolute Gasteiger partial charge is 0.372 e. The highest BCUT2D eigenvalue weighted by atomic mass is 32.1. The molecule has 0 radical (unpaired) electrons. The highest BCUT2D eigenvalue weighted by Gasteiger charge is 2.38. The number of primary amides is 1. The van der Waals surface area contributed by atoms with Crippen LogP contribution in [0.25, 0.3) is 10.6 Å². The van der Waals surface area contributed by atoms with Gasteiger partial charge in [0.15, 0.2) is 5.60 Å². The number of aliphatic hydroxyl groups is 1. The van der Waals surface area contributed by atoms with Gasteiger partial charge in [-0.1, -0.05) is 42.5 Å². The highest BCUT2D eigenvalue weighted by molar-refractivity contribution is 7.15. The Morgan fingerprint density at radius 2 is 1.77 bits per heavy atom. The van der Waals surface area contributed by atoms with Gasteiger partial charge in [0.1, 0.15) is 0 Å². The number of rotatable bonds is 6. The fourth-order valence-corrected chi connectivity index (χ4v) is 4.29. The van der Waals surface area contributed by atoms with E-state index in [9.17, 15) is 9.90 Å². The van der Waals surface area contributed by atoms with Crippen molar-refractivity contribution in [2.24, 2.45) is 5.73 Å². The Labute approximate surface area is 183 Å². The number of amides is 1. The lowest BCUT2D eigenvalue weighted by Gasteiger charge is -2.26. The predicted octanol–water partition coefficient (Wildman–Crippen LogP) is 3.68. The van der Waals surface area contributed by atoms with Crippen LogP contribution in [0, 0.1) is 13.8 Å². The monoisotopic (exact) mass is 431 g/mol. The fourth-order valence-electron chi connectivity index (χ4n) is 3.40. The second-order valence-corrected chi connectivity index (χ2v) is 8.26. The molecule has 1 amide bonds. The van der Waals surface area contributed by atoms with Crippen molar-refractivity contribution in [1.29, 1.82) is 0 Å². The molecule has 0 aliphatic heterocycles. The number of aromatic nitrogens is 3. The number of hydrogen-bond donors (Lipinski definition) is 3. The summed E-state index contributed by atoms with van der Waals surface area (Å²) in [6.07, 6.45) is 1.67. The molecule has 0 spiro atoms. The number of anilines is 2. The minimum atomic E-state index is -1.96. The van der Waals surface area contributed by atoms with E-state index in [1.807, 2.05) is 19.9 Å². The summed E-state index contributed by atoms with van der Waals surface area (Å²) in [5.41, 5.74) is 6.69. The van der Waals surface area contributed by atoms with Crippen molar-refractivity contribution in [2.45, 2.75) is 19.4 Å². The van der Waals surface area contributed by atoms with E-state index < -0.39 is 11.5 Å². The smallest absolute Gasteiger partial charge is 0.258 e. The molecule has 2 heterocycles. The Morgan fingerprint density at radius 3 is 2.45 bits per heavy atom. The third kappa shape index (κ3) is 4.03. The van der Waals surface area contributed by atoms with Crippen molar-refractivity contribution in [1.82, 2.24) is 15.0 Å². The molecule has 1 atom stereocenters. The quantitative estimate of drug-likeness (QED) is 0.429. The number of nitrogens with zero attached hydrogens (tertiary/aromatic N) is 3. The molecule has 4 aromatic rings. The first-order valence-electron chi connectivity index (χ1n) is 9.60. The molecule has 31 heavy (non-hydrogen) atoms. The molecule has 4 N–H and O–H groups in total. The number of benzene rings is 2. The number of carbonyl (C=O) groups is 1. The molecule has 0 fully saturated rings. The van der Waals surface area contributed by atoms with E-state index in [0.29, 0.717) is 22.8 Å². The molecule has 2 aromatic heterocycles. The number of hydrogen-bond acceptors (Lipinski definition) is 7. The third-order valence-electron chi connectivity index (χ3n) is 4.88. The maximum absolute atomic E-state index is 12.2. The van der Waals surface area contributed by atoms with E-state index in [4.69, 9.17) is 5.73 Å². The van der Waals surface area contributed by atoms with Gasteiger partial charge in [-0.2, -0.15) is 0 Å². The number of aryl methyl sites for hydroxylation is 2. The lowest BCUT2D eigenvalue weighted by Crippen LogP contribution is -2.42. The maximum atomic E-state index is 12.2. The lowest BCUT2D eigenvalue weighted by molar-refractivity contribution is -0.133. The zero-order valence-electron chi connectivity index (χ0n) is 17.0. The first-order chi connectivity index (χ1) is 14.9. The van der Waals surface area contributed by atoms with Gasteiger partial charge in [-0.05, 0) is 43.2 Å². The van der Waals surface area contributed by atoms with Crippen molar-refractivity contribution in [2.75, 3.05) is 5.32 Å². The van der Waals surface area contributed by atoms with Crippen LogP contribution in [-0.4, -0.2) is 26.0 Å². The average molecular weight is 432 g/mol. The van der Waals surface area contributed by atoms with Crippen LogP contribution < -0.4 is 11.1 Å². The van der Waals surface area contributed by atoms with Crippen LogP contribution in [-0.2, 0) is 10.4 Å². The summed E-state index contributed by atoms with van der Waals surface area (Å²) in [5, 5.41) is 15.3. The Morgan fingerprint density at radius 1 is 1.03 bits per heavy atom.